The molecule has 0 aliphatic heterocycles. The molecule has 0 radical (unpaired) electrons. The summed E-state index contributed by atoms with van der Waals surface area (Å²) in [6, 6.07) is 0. The Bertz CT molecular complexity index is 542. The summed E-state index contributed by atoms with van der Waals surface area (Å²) < 4.78 is 28.9. The molecule has 204 valence electrons. The lowest BCUT2D eigenvalue weighted by Crippen LogP contribution is -2.37. The van der Waals surface area contributed by atoms with Crippen molar-refractivity contribution < 1.29 is 32.5 Å². The average molecular weight is 510 g/mol. The maximum atomic E-state index is 12.2. The molecule has 0 spiro atoms. The number of unbranched alkanes of at least 4 members (excludes halogenated alkanes) is 10. The van der Waals surface area contributed by atoms with Gasteiger partial charge in [-0.05, 0) is 12.8 Å². The predicted molar refractivity (Wildman–Crippen MR) is 139 cm³/mol. The SMILES string of the molecule is CCCCCCCCCCCCCOC(CNC(=O)CCC)COP(=O)(O)OCC[N+](C)(C)C. The first-order valence-electron chi connectivity index (χ1n) is 13.4. The molecule has 0 aliphatic rings. The van der Waals surface area contributed by atoms with E-state index < -0.39 is 13.9 Å². The van der Waals surface area contributed by atoms with Crippen molar-refractivity contribution in [3.8, 4) is 0 Å². The van der Waals surface area contributed by atoms with Crippen LogP contribution in [0.4, 0.5) is 0 Å². The van der Waals surface area contributed by atoms with E-state index in [1.807, 2.05) is 28.1 Å². The number of quaternary nitrogens is 1. The number of carbonyl (C=O) groups excluding carboxylic acids is 1. The number of carbonyl (C=O) groups is 1. The van der Waals surface area contributed by atoms with Gasteiger partial charge in [0.1, 0.15) is 13.2 Å². The van der Waals surface area contributed by atoms with E-state index in [2.05, 4.69) is 12.2 Å². The van der Waals surface area contributed by atoms with E-state index >= 15 is 0 Å². The molecule has 0 saturated heterocycles. The monoisotopic (exact) mass is 509 g/mol. The number of phosphoric acid groups is 1. The number of hydrogen-bond acceptors (Lipinski definition) is 5. The Balaban J connectivity index is 4.18. The fraction of sp³-hybridized carbons (Fsp3) is 0.960. The fourth-order valence-corrected chi connectivity index (χ4v) is 4.11. The van der Waals surface area contributed by atoms with E-state index in [-0.39, 0.29) is 25.7 Å². The van der Waals surface area contributed by atoms with Crippen LogP contribution in [0.15, 0.2) is 0 Å². The van der Waals surface area contributed by atoms with Crippen LogP contribution >= 0.6 is 7.82 Å². The van der Waals surface area contributed by atoms with E-state index in [1.165, 1.54) is 57.8 Å². The molecule has 0 bridgehead atoms. The molecule has 0 aliphatic carbocycles. The summed E-state index contributed by atoms with van der Waals surface area (Å²) in [5.41, 5.74) is 0. The average Bonchev–Trinajstić information content (AvgIpc) is 2.75. The van der Waals surface area contributed by atoms with Crippen molar-refractivity contribution >= 4 is 13.7 Å². The highest BCUT2D eigenvalue weighted by atomic mass is 31.2. The van der Waals surface area contributed by atoms with Crippen LogP contribution < -0.4 is 5.32 Å². The number of rotatable bonds is 24. The molecule has 0 saturated carbocycles. The van der Waals surface area contributed by atoms with Crippen LogP contribution in [-0.2, 0) is 23.1 Å². The van der Waals surface area contributed by atoms with Crippen LogP contribution in [0.25, 0.3) is 0 Å². The Morgan fingerprint density at radius 2 is 1.41 bits per heavy atom. The Kier molecular flexibility index (Phi) is 20.4. The highest BCUT2D eigenvalue weighted by molar-refractivity contribution is 7.47. The van der Waals surface area contributed by atoms with E-state index in [0.717, 1.165) is 19.3 Å². The molecule has 0 aromatic rings. The summed E-state index contributed by atoms with van der Waals surface area (Å²) in [7, 11) is 1.76. The highest BCUT2D eigenvalue weighted by Gasteiger charge is 2.25. The van der Waals surface area contributed by atoms with Crippen LogP contribution in [0.3, 0.4) is 0 Å². The van der Waals surface area contributed by atoms with Crippen molar-refractivity contribution in [1.29, 1.82) is 0 Å². The number of ether oxygens (including phenoxy) is 1. The third kappa shape index (κ3) is 23.3. The highest BCUT2D eigenvalue weighted by Crippen LogP contribution is 2.43. The van der Waals surface area contributed by atoms with Crippen LogP contribution in [0, 0.1) is 0 Å². The van der Waals surface area contributed by atoms with Gasteiger partial charge in [0, 0.05) is 19.6 Å². The summed E-state index contributed by atoms with van der Waals surface area (Å²) >= 11 is 0. The predicted octanol–water partition coefficient (Wildman–Crippen LogP) is 5.44. The maximum absolute atomic E-state index is 12.2. The molecule has 34 heavy (non-hydrogen) atoms. The first kappa shape index (κ1) is 33.5. The first-order chi connectivity index (χ1) is 16.1. The molecule has 2 unspecified atom stereocenters. The Morgan fingerprint density at radius 1 is 0.853 bits per heavy atom. The fourth-order valence-electron chi connectivity index (χ4n) is 3.37. The van der Waals surface area contributed by atoms with Gasteiger partial charge in [-0.1, -0.05) is 78.1 Å². The number of hydrogen-bond donors (Lipinski definition) is 2. The van der Waals surface area contributed by atoms with Gasteiger partial charge < -0.3 is 19.4 Å². The second kappa shape index (κ2) is 20.7. The van der Waals surface area contributed by atoms with Gasteiger partial charge in [-0.25, -0.2) is 4.57 Å². The van der Waals surface area contributed by atoms with E-state index in [0.29, 0.717) is 24.1 Å². The molecular weight excluding hydrogens is 455 g/mol. The third-order valence-electron chi connectivity index (χ3n) is 5.55. The van der Waals surface area contributed by atoms with Gasteiger partial charge in [0.25, 0.3) is 0 Å². The lowest BCUT2D eigenvalue weighted by atomic mass is 10.1. The van der Waals surface area contributed by atoms with Crippen LogP contribution in [0.5, 0.6) is 0 Å². The minimum Gasteiger partial charge on any atom is -0.374 e. The van der Waals surface area contributed by atoms with E-state index in [1.54, 1.807) is 0 Å². The quantitative estimate of drug-likeness (QED) is 0.102. The topological polar surface area (TPSA) is 94.1 Å². The molecule has 0 aromatic carbocycles. The van der Waals surface area contributed by atoms with Crippen molar-refractivity contribution in [3.05, 3.63) is 0 Å². The molecule has 0 fully saturated rings. The molecule has 2 N–H and O–H groups in total. The molecule has 8 nitrogen and oxygen atoms in total. The van der Waals surface area contributed by atoms with Gasteiger partial charge in [0.15, 0.2) is 0 Å². The van der Waals surface area contributed by atoms with Crippen molar-refractivity contribution in [2.24, 2.45) is 0 Å². The number of nitrogens with one attached hydrogen (secondary N) is 1. The number of amides is 1. The largest absolute Gasteiger partial charge is 0.472 e. The van der Waals surface area contributed by atoms with Gasteiger partial charge in [0.2, 0.25) is 5.91 Å². The van der Waals surface area contributed by atoms with Gasteiger partial charge in [-0.3, -0.25) is 13.8 Å². The van der Waals surface area contributed by atoms with Crippen LogP contribution in [0.2, 0.25) is 0 Å². The summed E-state index contributed by atoms with van der Waals surface area (Å²) in [6.45, 7) is 5.56. The van der Waals surface area contributed by atoms with E-state index in [9.17, 15) is 14.3 Å². The molecule has 0 heterocycles. The van der Waals surface area contributed by atoms with Crippen molar-refractivity contribution in [3.63, 3.8) is 0 Å². The maximum Gasteiger partial charge on any atom is 0.472 e. The van der Waals surface area contributed by atoms with Gasteiger partial charge in [-0.15, -0.1) is 0 Å². The third-order valence-corrected chi connectivity index (χ3v) is 6.53. The Labute approximate surface area is 209 Å². The minimum absolute atomic E-state index is 0.0582. The molecule has 1 amide bonds. The number of likely N-dealkylation sites (N-methyl/N-ethyl adjacent to an activating group) is 1. The summed E-state index contributed by atoms with van der Waals surface area (Å²) in [6.07, 6.45) is 14.5. The van der Waals surface area contributed by atoms with Crippen molar-refractivity contribution in [2.75, 3.05) is 54.1 Å². The van der Waals surface area contributed by atoms with E-state index in [4.69, 9.17) is 13.8 Å². The van der Waals surface area contributed by atoms with Crippen LogP contribution in [-0.4, -0.2) is 75.4 Å². The summed E-state index contributed by atoms with van der Waals surface area (Å²) in [4.78, 5) is 21.8. The lowest BCUT2D eigenvalue weighted by molar-refractivity contribution is -0.870. The summed E-state index contributed by atoms with van der Waals surface area (Å²) in [5.74, 6) is -0.0582. The second-order valence-electron chi connectivity index (χ2n) is 10.2. The lowest BCUT2D eigenvalue weighted by Gasteiger charge is -2.24. The molecule has 0 rings (SSSR count). The molecule has 2 atom stereocenters. The van der Waals surface area contributed by atoms with Crippen molar-refractivity contribution in [2.45, 2.75) is 103 Å². The van der Waals surface area contributed by atoms with Crippen LogP contribution in [0.1, 0.15) is 97.3 Å². The smallest absolute Gasteiger partial charge is 0.374 e. The minimum atomic E-state index is -4.17. The zero-order valence-corrected chi connectivity index (χ0v) is 23.6. The number of nitrogens with zero attached hydrogens (tertiary/aromatic N) is 1. The Morgan fingerprint density at radius 3 is 1.94 bits per heavy atom. The molecule has 9 heteroatoms. The zero-order chi connectivity index (χ0) is 25.7. The Hall–Kier alpha value is -0.500. The summed E-state index contributed by atoms with van der Waals surface area (Å²) in [5, 5.41) is 2.82. The van der Waals surface area contributed by atoms with Gasteiger partial charge >= 0.3 is 7.82 Å². The van der Waals surface area contributed by atoms with Gasteiger partial charge in [-0.2, -0.15) is 0 Å². The standard InChI is InChI=1S/C25H53N2O6P/c1-6-8-9-10-11-12-13-14-15-16-17-20-31-24(22-26-25(28)18-7-2)23-33-34(29,30)32-21-19-27(3,4)5/h24H,6-23H2,1-5H3,(H-,26,28,29,30)/p+1. The van der Waals surface area contributed by atoms with Crippen molar-refractivity contribution in [1.82, 2.24) is 5.32 Å². The first-order valence-corrected chi connectivity index (χ1v) is 14.9. The number of phosphoric ester groups is 1. The zero-order valence-electron chi connectivity index (χ0n) is 22.7. The molecule has 0 aromatic heterocycles. The van der Waals surface area contributed by atoms with Gasteiger partial charge in [0.05, 0.1) is 33.9 Å². The molecular formula is C25H54N2O6P+. The normalized spacial score (nSPS) is 14.6. The second-order valence-corrected chi connectivity index (χ2v) is 11.6.